The lowest BCUT2D eigenvalue weighted by Crippen LogP contribution is -2.22. The van der Waals surface area contributed by atoms with Gasteiger partial charge in [-0.15, -0.1) is 0 Å². The van der Waals surface area contributed by atoms with Gasteiger partial charge in [-0.3, -0.25) is 0 Å². The van der Waals surface area contributed by atoms with E-state index in [1.165, 1.54) is 18.2 Å². The fraction of sp³-hybridized carbons (Fsp3) is 0.333. The second kappa shape index (κ2) is 7.79. The largest absolute Gasteiger partial charge is 0.207 e. The molecule has 3 aromatic rings. The fourth-order valence-corrected chi connectivity index (χ4v) is 4.78. The summed E-state index contributed by atoms with van der Waals surface area (Å²) >= 11 is 5.71. The molecule has 1 aliphatic rings. The summed E-state index contributed by atoms with van der Waals surface area (Å²) in [6, 6.07) is 11.6. The highest BCUT2D eigenvalue weighted by Crippen LogP contribution is 2.46. The molecule has 0 bridgehead atoms. The number of halogens is 4. The van der Waals surface area contributed by atoms with E-state index >= 15 is 0 Å². The van der Waals surface area contributed by atoms with E-state index in [-0.39, 0.29) is 11.7 Å². The van der Waals surface area contributed by atoms with Crippen LogP contribution >= 0.6 is 11.6 Å². The predicted octanol–water partition coefficient (Wildman–Crippen LogP) is 7.80. The molecule has 28 heavy (non-hydrogen) atoms. The van der Waals surface area contributed by atoms with Gasteiger partial charge in [0.15, 0.2) is 0 Å². The van der Waals surface area contributed by atoms with Gasteiger partial charge in [-0.25, -0.2) is 13.2 Å². The van der Waals surface area contributed by atoms with Gasteiger partial charge in [-0.2, -0.15) is 0 Å². The molecule has 146 valence electrons. The quantitative estimate of drug-likeness (QED) is 0.390. The Hall–Kier alpha value is -2.00. The predicted molar refractivity (Wildman–Crippen MR) is 108 cm³/mol. The van der Waals surface area contributed by atoms with Crippen molar-refractivity contribution in [3.63, 3.8) is 0 Å². The monoisotopic (exact) mass is 402 g/mol. The number of fused-ring (bicyclic) bond motifs is 3. The van der Waals surface area contributed by atoms with Gasteiger partial charge in [0.25, 0.3) is 0 Å². The van der Waals surface area contributed by atoms with Gasteiger partial charge < -0.3 is 0 Å². The Bertz CT molecular complexity index is 1000. The average molecular weight is 403 g/mol. The van der Waals surface area contributed by atoms with Crippen LogP contribution in [0.15, 0.2) is 42.5 Å². The van der Waals surface area contributed by atoms with Crippen LogP contribution in [0, 0.1) is 23.4 Å². The summed E-state index contributed by atoms with van der Waals surface area (Å²) in [5.41, 5.74) is 2.74. The first kappa shape index (κ1) is 19.3. The van der Waals surface area contributed by atoms with E-state index in [1.807, 2.05) is 12.1 Å². The Kier molecular flexibility index (Phi) is 5.37. The van der Waals surface area contributed by atoms with Crippen LogP contribution < -0.4 is 0 Å². The first-order valence-electron chi connectivity index (χ1n) is 9.85. The number of aryl methyl sites for hydroxylation is 1. The molecule has 0 spiro atoms. The summed E-state index contributed by atoms with van der Waals surface area (Å²) in [6.07, 6.45) is 4.89. The van der Waals surface area contributed by atoms with Crippen LogP contribution in [0.3, 0.4) is 0 Å². The molecular weight excluding hydrogens is 381 g/mol. The summed E-state index contributed by atoms with van der Waals surface area (Å²) < 4.78 is 42.4. The molecule has 0 N–H and O–H groups in total. The topological polar surface area (TPSA) is 0 Å². The van der Waals surface area contributed by atoms with Crippen molar-refractivity contribution in [2.45, 2.75) is 44.9 Å². The third-order valence-corrected chi connectivity index (χ3v) is 6.36. The zero-order chi connectivity index (χ0) is 19.8. The molecule has 0 saturated heterocycles. The number of hydrogen-bond donors (Lipinski definition) is 0. The van der Waals surface area contributed by atoms with E-state index in [0.29, 0.717) is 11.5 Å². The maximum Gasteiger partial charge on any atom is 0.145 e. The van der Waals surface area contributed by atoms with Crippen LogP contribution in [0.1, 0.15) is 55.2 Å². The number of hydrogen-bond acceptors (Lipinski definition) is 0. The van der Waals surface area contributed by atoms with Crippen LogP contribution in [-0.4, -0.2) is 0 Å². The Morgan fingerprint density at radius 2 is 1.71 bits per heavy atom. The van der Waals surface area contributed by atoms with Gasteiger partial charge in [0.1, 0.15) is 22.5 Å². The van der Waals surface area contributed by atoms with E-state index in [2.05, 4.69) is 6.92 Å². The minimum atomic E-state index is -0.732. The van der Waals surface area contributed by atoms with Crippen molar-refractivity contribution in [1.29, 1.82) is 0 Å². The summed E-state index contributed by atoms with van der Waals surface area (Å²) in [6.45, 7) is 2.14. The highest BCUT2D eigenvalue weighted by atomic mass is 35.5. The molecule has 2 atom stereocenters. The van der Waals surface area contributed by atoms with E-state index < -0.39 is 16.7 Å². The molecule has 0 heterocycles. The molecule has 0 unspecified atom stereocenters. The molecule has 0 aliphatic heterocycles. The molecule has 0 saturated carbocycles. The highest BCUT2D eigenvalue weighted by molar-refractivity contribution is 6.30. The molecule has 0 amide bonds. The molecule has 0 nitrogen and oxygen atoms in total. The zero-order valence-corrected chi connectivity index (χ0v) is 16.5. The summed E-state index contributed by atoms with van der Waals surface area (Å²) in [5, 5.41) is 1.41. The molecule has 0 fully saturated rings. The lowest BCUT2D eigenvalue weighted by Gasteiger charge is -2.35. The Morgan fingerprint density at radius 1 is 1.00 bits per heavy atom. The van der Waals surface area contributed by atoms with E-state index in [9.17, 15) is 13.2 Å². The van der Waals surface area contributed by atoms with Crippen molar-refractivity contribution in [2.75, 3.05) is 0 Å². The Morgan fingerprint density at radius 3 is 2.43 bits per heavy atom. The molecule has 0 aromatic heterocycles. The van der Waals surface area contributed by atoms with Gasteiger partial charge >= 0.3 is 0 Å². The summed E-state index contributed by atoms with van der Waals surface area (Å²) in [4.78, 5) is 0. The van der Waals surface area contributed by atoms with Crippen molar-refractivity contribution in [3.8, 4) is 0 Å². The second-order valence-electron chi connectivity index (χ2n) is 7.72. The smallest absolute Gasteiger partial charge is 0.145 e. The molecule has 4 rings (SSSR count). The molecule has 4 heteroatoms. The van der Waals surface area contributed by atoms with Crippen molar-refractivity contribution in [2.24, 2.45) is 5.92 Å². The van der Waals surface area contributed by atoms with Crippen molar-refractivity contribution >= 4 is 22.4 Å². The third kappa shape index (κ3) is 3.41. The maximum absolute atomic E-state index is 14.2. The normalized spacial score (nSPS) is 19.0. The lowest BCUT2D eigenvalue weighted by molar-refractivity contribution is 0.371. The van der Waals surface area contributed by atoms with Gasteiger partial charge in [0.05, 0.1) is 0 Å². The van der Waals surface area contributed by atoms with Crippen LogP contribution in [0.4, 0.5) is 13.2 Å². The SMILES string of the molecule is CCCC[C@@H]1CCc2c(ccc3ccc(F)cc23)[C@H]1c1cc(F)c(Cl)c(F)c1. The maximum atomic E-state index is 14.2. The summed E-state index contributed by atoms with van der Waals surface area (Å²) in [5.74, 6) is -1.56. The van der Waals surface area contributed by atoms with Crippen LogP contribution in [0.5, 0.6) is 0 Å². The standard InChI is InChI=1S/C24H22ClF3/c1-2-3-4-15-7-9-18-19(10-6-14-5-8-17(26)13-20(14)18)23(15)16-11-21(27)24(25)22(28)12-16/h5-6,8,10-13,15,23H,2-4,7,9H2,1H3/t15-,23-/m1/s1. The number of unbranched alkanes of at least 4 members (excludes halogenated alkanes) is 1. The minimum absolute atomic E-state index is 0.121. The van der Waals surface area contributed by atoms with Gasteiger partial charge in [-0.1, -0.05) is 49.6 Å². The first-order valence-corrected chi connectivity index (χ1v) is 10.2. The first-order chi connectivity index (χ1) is 13.5. The van der Waals surface area contributed by atoms with Crippen molar-refractivity contribution in [3.05, 3.63) is 81.6 Å². The molecular formula is C24H22ClF3. The van der Waals surface area contributed by atoms with Crippen molar-refractivity contribution < 1.29 is 13.2 Å². The van der Waals surface area contributed by atoms with E-state index in [0.717, 1.165) is 54.0 Å². The Labute approximate surface area is 168 Å². The van der Waals surface area contributed by atoms with Crippen LogP contribution in [0.2, 0.25) is 5.02 Å². The zero-order valence-electron chi connectivity index (χ0n) is 15.7. The molecule has 0 radical (unpaired) electrons. The van der Waals surface area contributed by atoms with Crippen molar-refractivity contribution in [1.82, 2.24) is 0 Å². The van der Waals surface area contributed by atoms with E-state index in [4.69, 9.17) is 11.6 Å². The molecule has 3 aromatic carbocycles. The van der Waals surface area contributed by atoms with Gasteiger partial charge in [-0.05, 0) is 76.9 Å². The lowest BCUT2D eigenvalue weighted by atomic mass is 9.69. The average Bonchev–Trinajstić information content (AvgIpc) is 2.69. The summed E-state index contributed by atoms with van der Waals surface area (Å²) in [7, 11) is 0. The third-order valence-electron chi connectivity index (χ3n) is 6.00. The number of rotatable bonds is 4. The number of benzene rings is 3. The second-order valence-corrected chi connectivity index (χ2v) is 8.09. The van der Waals surface area contributed by atoms with Crippen LogP contribution in [-0.2, 0) is 6.42 Å². The van der Waals surface area contributed by atoms with Gasteiger partial charge in [0.2, 0.25) is 0 Å². The van der Waals surface area contributed by atoms with Gasteiger partial charge in [0, 0.05) is 5.92 Å². The van der Waals surface area contributed by atoms with E-state index in [1.54, 1.807) is 12.1 Å². The van der Waals surface area contributed by atoms with Crippen LogP contribution in [0.25, 0.3) is 10.8 Å². The minimum Gasteiger partial charge on any atom is -0.207 e. The Balaban J connectivity index is 1.90. The molecule has 1 aliphatic carbocycles. The highest BCUT2D eigenvalue weighted by Gasteiger charge is 2.32. The fourth-order valence-electron chi connectivity index (χ4n) is 4.68.